The van der Waals surface area contributed by atoms with E-state index in [1.807, 2.05) is 37.4 Å². The number of aromatic amines is 1. The maximum atomic E-state index is 12.4. The van der Waals surface area contributed by atoms with Crippen LogP contribution in [0.2, 0.25) is 0 Å². The smallest absolute Gasteiger partial charge is 0.227 e. The molecule has 4 N–H and O–H groups in total. The molecule has 4 aromatic rings. The first-order valence-corrected chi connectivity index (χ1v) is 9.52. The number of nitrogens with zero attached hydrogens (tertiary/aromatic N) is 5. The van der Waals surface area contributed by atoms with Crippen molar-refractivity contribution in [2.24, 2.45) is 5.92 Å². The molecular formula is C20H21N7O2. The van der Waals surface area contributed by atoms with Gasteiger partial charge in [-0.1, -0.05) is 13.0 Å². The van der Waals surface area contributed by atoms with Crippen LogP contribution >= 0.6 is 0 Å². The van der Waals surface area contributed by atoms with Gasteiger partial charge in [-0.15, -0.1) is 0 Å². The second kappa shape index (κ2) is 6.56. The molecule has 0 saturated carbocycles. The van der Waals surface area contributed by atoms with Crippen LogP contribution in [0.25, 0.3) is 33.1 Å². The number of fused-ring (bicyclic) bond motifs is 3. The van der Waals surface area contributed by atoms with Crippen LogP contribution in [0.3, 0.4) is 0 Å². The summed E-state index contributed by atoms with van der Waals surface area (Å²) in [6.45, 7) is 3.12. The van der Waals surface area contributed by atoms with Crippen LogP contribution in [0.4, 0.5) is 5.82 Å². The minimum Gasteiger partial charge on any atom is -0.389 e. The number of pyridine rings is 1. The Bertz CT molecular complexity index is 1210. The highest BCUT2D eigenvalue weighted by Gasteiger charge is 2.31. The molecule has 29 heavy (non-hydrogen) atoms. The number of hydrogen-bond donors (Lipinski definition) is 3. The number of nitrogens with two attached hydrogens (primary N) is 1. The zero-order valence-corrected chi connectivity index (χ0v) is 15.9. The normalized spacial score (nSPS) is 15.7. The number of H-pyrrole nitrogens is 1. The highest BCUT2D eigenvalue weighted by atomic mass is 16.3. The number of aliphatic hydroxyl groups excluding tert-OH is 1. The molecule has 1 amide bonds. The van der Waals surface area contributed by atoms with E-state index in [4.69, 9.17) is 10.8 Å². The Labute approximate surface area is 166 Å². The summed E-state index contributed by atoms with van der Waals surface area (Å²) in [5.41, 5.74) is 9.60. The molecule has 0 spiro atoms. The number of β-amino-alcohol motifs (C(OH)–C–C–N with tert-alkyl or cyclic N) is 1. The molecule has 3 aromatic heterocycles. The van der Waals surface area contributed by atoms with Crippen LogP contribution in [0, 0.1) is 5.92 Å². The van der Waals surface area contributed by atoms with Gasteiger partial charge in [0.25, 0.3) is 0 Å². The lowest BCUT2D eigenvalue weighted by molar-refractivity contribution is -0.145. The lowest BCUT2D eigenvalue weighted by atomic mass is 10.1. The second-order valence-electron chi connectivity index (χ2n) is 7.61. The van der Waals surface area contributed by atoms with Gasteiger partial charge in [-0.25, -0.2) is 4.98 Å². The van der Waals surface area contributed by atoms with E-state index in [0.717, 1.165) is 33.1 Å². The third kappa shape index (κ3) is 2.99. The summed E-state index contributed by atoms with van der Waals surface area (Å²) in [6, 6.07) is 7.83. The minimum atomic E-state index is -0.401. The number of aromatic nitrogens is 5. The molecule has 1 saturated heterocycles. The van der Waals surface area contributed by atoms with Crippen molar-refractivity contribution in [2.75, 3.05) is 18.8 Å². The Morgan fingerprint density at radius 1 is 1.34 bits per heavy atom. The number of hydrogen-bond acceptors (Lipinski definition) is 6. The maximum Gasteiger partial charge on any atom is 0.227 e. The van der Waals surface area contributed by atoms with Gasteiger partial charge in [0.2, 0.25) is 5.91 Å². The molecule has 4 heterocycles. The molecule has 1 aromatic carbocycles. The summed E-state index contributed by atoms with van der Waals surface area (Å²) in [7, 11) is 0. The Hall–Kier alpha value is -3.46. The number of carbonyl (C=O) groups is 1. The molecule has 0 aliphatic carbocycles. The summed E-state index contributed by atoms with van der Waals surface area (Å²) >= 11 is 0. The Morgan fingerprint density at radius 2 is 2.17 bits per heavy atom. The third-order valence-electron chi connectivity index (χ3n) is 5.40. The molecule has 1 aliphatic rings. The summed E-state index contributed by atoms with van der Waals surface area (Å²) in [6.07, 6.45) is 3.15. The molecule has 0 bridgehead atoms. The van der Waals surface area contributed by atoms with Crippen LogP contribution in [-0.2, 0) is 11.3 Å². The van der Waals surface area contributed by atoms with Crippen molar-refractivity contribution < 1.29 is 9.90 Å². The maximum absolute atomic E-state index is 12.4. The van der Waals surface area contributed by atoms with E-state index in [1.165, 1.54) is 0 Å². The summed E-state index contributed by atoms with van der Waals surface area (Å²) < 4.78 is 1.75. The van der Waals surface area contributed by atoms with Crippen LogP contribution in [0.15, 0.2) is 36.7 Å². The molecule has 9 heteroatoms. The van der Waals surface area contributed by atoms with Gasteiger partial charge in [-0.05, 0) is 18.2 Å². The molecule has 1 fully saturated rings. The van der Waals surface area contributed by atoms with Crippen molar-refractivity contribution in [1.29, 1.82) is 0 Å². The van der Waals surface area contributed by atoms with Crippen LogP contribution < -0.4 is 5.73 Å². The number of carbonyl (C=O) groups excluding carboxylic acids is 1. The number of benzene rings is 1. The van der Waals surface area contributed by atoms with Crippen molar-refractivity contribution in [3.63, 3.8) is 0 Å². The monoisotopic (exact) mass is 391 g/mol. The first-order chi connectivity index (χ1) is 14.0. The second-order valence-corrected chi connectivity index (χ2v) is 7.61. The number of nitrogen functional groups attached to an aromatic ring is 1. The van der Waals surface area contributed by atoms with E-state index in [2.05, 4.69) is 15.2 Å². The van der Waals surface area contributed by atoms with E-state index in [9.17, 15) is 9.90 Å². The van der Waals surface area contributed by atoms with E-state index in [-0.39, 0.29) is 11.8 Å². The fraction of sp³-hybridized carbons (Fsp3) is 0.300. The standard InChI is InChI=1S/C20H21N7O2/c1-11(20(29)26-8-13(28)9-26)7-27-10-15-18(25-27)14-3-2-12(16-4-5-22-24-16)6-17(14)23-19(15)21/h2-6,10-11,13,28H,7-9H2,1H3,(H2,21,23)(H,22,24). The molecule has 1 aliphatic heterocycles. The first-order valence-electron chi connectivity index (χ1n) is 9.52. The van der Waals surface area contributed by atoms with Crippen molar-refractivity contribution in [3.8, 4) is 11.3 Å². The van der Waals surface area contributed by atoms with Gasteiger partial charge in [0, 0.05) is 36.4 Å². The average molecular weight is 391 g/mol. The lowest BCUT2D eigenvalue weighted by Gasteiger charge is -2.37. The quantitative estimate of drug-likeness (QED) is 0.483. The highest BCUT2D eigenvalue weighted by molar-refractivity contribution is 6.08. The number of likely N-dealkylation sites (tertiary alicyclic amines) is 1. The van der Waals surface area contributed by atoms with Gasteiger partial charge in [0.05, 0.1) is 35.2 Å². The molecular weight excluding hydrogens is 370 g/mol. The molecule has 1 unspecified atom stereocenters. The van der Waals surface area contributed by atoms with Crippen LogP contribution in [-0.4, -0.2) is 60.1 Å². The Morgan fingerprint density at radius 3 is 2.90 bits per heavy atom. The topological polar surface area (TPSA) is 126 Å². The average Bonchev–Trinajstić information content (AvgIpc) is 3.35. The van der Waals surface area contributed by atoms with Crippen molar-refractivity contribution in [1.82, 2.24) is 29.9 Å². The molecule has 148 valence electrons. The van der Waals surface area contributed by atoms with E-state index < -0.39 is 6.10 Å². The van der Waals surface area contributed by atoms with E-state index >= 15 is 0 Å². The molecule has 1 atom stereocenters. The summed E-state index contributed by atoms with van der Waals surface area (Å²) in [4.78, 5) is 18.7. The van der Waals surface area contributed by atoms with Crippen molar-refractivity contribution >= 4 is 33.5 Å². The predicted molar refractivity (Wildman–Crippen MR) is 109 cm³/mol. The molecule has 5 rings (SSSR count). The van der Waals surface area contributed by atoms with Gasteiger partial charge >= 0.3 is 0 Å². The molecule has 0 radical (unpaired) electrons. The van der Waals surface area contributed by atoms with Gasteiger partial charge in [0.15, 0.2) is 0 Å². The number of amides is 1. The molecule has 9 nitrogen and oxygen atoms in total. The third-order valence-corrected chi connectivity index (χ3v) is 5.40. The Balaban J connectivity index is 1.48. The number of anilines is 1. The van der Waals surface area contributed by atoms with E-state index in [1.54, 1.807) is 15.8 Å². The first kappa shape index (κ1) is 17.6. The van der Waals surface area contributed by atoms with E-state index in [0.29, 0.717) is 25.5 Å². The van der Waals surface area contributed by atoms with Gasteiger partial charge in [0.1, 0.15) is 11.3 Å². The van der Waals surface area contributed by atoms with Gasteiger partial charge in [-0.3, -0.25) is 14.6 Å². The highest BCUT2D eigenvalue weighted by Crippen LogP contribution is 2.30. The zero-order valence-electron chi connectivity index (χ0n) is 15.9. The Kier molecular flexibility index (Phi) is 3.99. The summed E-state index contributed by atoms with van der Waals surface area (Å²) in [5, 5.41) is 22.7. The largest absolute Gasteiger partial charge is 0.389 e. The number of rotatable bonds is 4. The lowest BCUT2D eigenvalue weighted by Crippen LogP contribution is -2.55. The van der Waals surface area contributed by atoms with Crippen LogP contribution in [0.1, 0.15) is 6.92 Å². The van der Waals surface area contributed by atoms with Crippen LogP contribution in [0.5, 0.6) is 0 Å². The summed E-state index contributed by atoms with van der Waals surface area (Å²) in [5.74, 6) is 0.185. The zero-order chi connectivity index (χ0) is 20.1. The van der Waals surface area contributed by atoms with Crippen molar-refractivity contribution in [2.45, 2.75) is 19.6 Å². The van der Waals surface area contributed by atoms with Gasteiger partial charge < -0.3 is 15.7 Å². The number of aliphatic hydroxyl groups is 1. The van der Waals surface area contributed by atoms with Gasteiger partial charge in [-0.2, -0.15) is 10.2 Å². The predicted octanol–water partition coefficient (Wildman–Crippen LogP) is 1.40. The fourth-order valence-electron chi connectivity index (χ4n) is 3.81. The minimum absolute atomic E-state index is 0.0232. The fourth-order valence-corrected chi connectivity index (χ4v) is 3.81. The van der Waals surface area contributed by atoms with Crippen molar-refractivity contribution in [3.05, 3.63) is 36.7 Å². The number of nitrogens with one attached hydrogen (secondary N) is 1. The SMILES string of the molecule is CC(Cn1cc2c(N)nc3cc(-c4ccn[nH]4)ccc3c2n1)C(=O)N1CC(O)C1.